The van der Waals surface area contributed by atoms with Crippen molar-refractivity contribution in [1.82, 2.24) is 4.31 Å². The van der Waals surface area contributed by atoms with Crippen LogP contribution in [0, 0.1) is 12.8 Å². The molecule has 8 heteroatoms. The fraction of sp³-hybridized carbons (Fsp3) is 0.429. The van der Waals surface area contributed by atoms with Crippen LogP contribution in [0.1, 0.15) is 30.4 Å². The molecule has 0 aliphatic carbocycles. The highest BCUT2D eigenvalue weighted by Crippen LogP contribution is 2.31. The fourth-order valence-electron chi connectivity index (χ4n) is 3.61. The summed E-state index contributed by atoms with van der Waals surface area (Å²) in [4.78, 5) is -0.186. The second-order valence-electron chi connectivity index (χ2n) is 7.74. The van der Waals surface area contributed by atoms with Gasteiger partial charge in [0.25, 0.3) is 0 Å². The molecule has 1 saturated heterocycles. The van der Waals surface area contributed by atoms with E-state index in [0.717, 1.165) is 38.0 Å². The van der Waals surface area contributed by atoms with Gasteiger partial charge in [0.05, 0.1) is 9.92 Å². The maximum Gasteiger partial charge on any atom is 0.244 e. The quantitative estimate of drug-likeness (QED) is 0.657. The fourth-order valence-corrected chi connectivity index (χ4v) is 6.31. The van der Waals surface area contributed by atoms with Crippen molar-refractivity contribution < 1.29 is 16.8 Å². The van der Waals surface area contributed by atoms with Gasteiger partial charge in [-0.15, -0.1) is 0 Å². The molecule has 158 valence electrons. The molecule has 0 spiro atoms. The van der Waals surface area contributed by atoms with E-state index >= 15 is 0 Å². The Morgan fingerprint density at radius 3 is 2.21 bits per heavy atom. The number of sulfone groups is 1. The van der Waals surface area contributed by atoms with Crippen molar-refractivity contribution in [3.05, 3.63) is 58.6 Å². The molecule has 1 aliphatic rings. The van der Waals surface area contributed by atoms with E-state index in [1.54, 1.807) is 0 Å². The van der Waals surface area contributed by atoms with Gasteiger partial charge in [-0.2, -0.15) is 4.31 Å². The first-order valence-electron chi connectivity index (χ1n) is 9.62. The van der Waals surface area contributed by atoms with E-state index in [9.17, 15) is 16.8 Å². The van der Waals surface area contributed by atoms with Crippen LogP contribution in [0.15, 0.2) is 52.3 Å². The average Bonchev–Trinajstić information content (AvgIpc) is 2.67. The molecule has 1 fully saturated rings. The van der Waals surface area contributed by atoms with Crippen LogP contribution in [-0.4, -0.2) is 40.5 Å². The standard InChI is InChI=1S/C21H26ClNO4S2/c1-16-3-5-17(6-4-16)7-8-18-11-13-23(14-12-18)29(26,27)21-15-19(28(2,24)25)9-10-20(21)22/h3-6,9-10,15,18H,7-8,11-14H2,1-2H3. The molecule has 0 unspecified atom stereocenters. The predicted octanol–water partition coefficient (Wildman–Crippen LogP) is 4.09. The van der Waals surface area contributed by atoms with Gasteiger partial charge in [0.2, 0.25) is 10.0 Å². The van der Waals surface area contributed by atoms with Gasteiger partial charge in [0.1, 0.15) is 4.90 Å². The van der Waals surface area contributed by atoms with E-state index in [4.69, 9.17) is 11.6 Å². The van der Waals surface area contributed by atoms with E-state index < -0.39 is 19.9 Å². The van der Waals surface area contributed by atoms with Gasteiger partial charge in [-0.1, -0.05) is 41.4 Å². The number of rotatable bonds is 6. The van der Waals surface area contributed by atoms with Crippen LogP contribution < -0.4 is 0 Å². The third-order valence-corrected chi connectivity index (χ3v) is 8.97. The van der Waals surface area contributed by atoms with Gasteiger partial charge < -0.3 is 0 Å². The molecular weight excluding hydrogens is 430 g/mol. The lowest BCUT2D eigenvalue weighted by molar-refractivity contribution is 0.263. The molecule has 5 nitrogen and oxygen atoms in total. The summed E-state index contributed by atoms with van der Waals surface area (Å²) >= 11 is 6.11. The SMILES string of the molecule is Cc1ccc(CCC2CCN(S(=O)(=O)c3cc(S(C)(=O)=O)ccc3Cl)CC2)cc1. The Balaban J connectivity index is 1.66. The lowest BCUT2D eigenvalue weighted by Gasteiger charge is -2.31. The van der Waals surface area contributed by atoms with Crippen LogP contribution in [0.5, 0.6) is 0 Å². The average molecular weight is 456 g/mol. The first-order chi connectivity index (χ1) is 13.6. The molecule has 1 heterocycles. The zero-order valence-corrected chi connectivity index (χ0v) is 19.0. The summed E-state index contributed by atoms with van der Waals surface area (Å²) in [7, 11) is -7.35. The summed E-state index contributed by atoms with van der Waals surface area (Å²) < 4.78 is 51.1. The molecule has 0 aromatic heterocycles. The van der Waals surface area contributed by atoms with Gasteiger partial charge in [0, 0.05) is 19.3 Å². The van der Waals surface area contributed by atoms with Crippen molar-refractivity contribution in [2.24, 2.45) is 5.92 Å². The molecule has 0 N–H and O–H groups in total. The highest BCUT2D eigenvalue weighted by molar-refractivity contribution is 7.91. The topological polar surface area (TPSA) is 71.5 Å². The maximum absolute atomic E-state index is 13.1. The highest BCUT2D eigenvalue weighted by atomic mass is 35.5. The number of halogens is 1. The number of sulfonamides is 1. The summed E-state index contributed by atoms with van der Waals surface area (Å²) in [5.41, 5.74) is 2.54. The Morgan fingerprint density at radius 1 is 1.00 bits per heavy atom. The Labute approximate surface area is 178 Å². The van der Waals surface area contributed by atoms with E-state index in [0.29, 0.717) is 19.0 Å². The molecule has 29 heavy (non-hydrogen) atoms. The summed E-state index contributed by atoms with van der Waals surface area (Å²) in [5.74, 6) is 0.473. The van der Waals surface area contributed by atoms with Gasteiger partial charge in [0.15, 0.2) is 9.84 Å². The first-order valence-corrected chi connectivity index (χ1v) is 13.3. The summed E-state index contributed by atoms with van der Waals surface area (Å²) in [6.07, 6.45) is 4.64. The number of hydrogen-bond donors (Lipinski definition) is 0. The minimum Gasteiger partial charge on any atom is -0.224 e. The molecular formula is C21H26ClNO4S2. The highest BCUT2D eigenvalue weighted by Gasteiger charge is 2.31. The second kappa shape index (κ2) is 8.76. The molecule has 0 amide bonds. The smallest absolute Gasteiger partial charge is 0.224 e. The van der Waals surface area contributed by atoms with Crippen molar-refractivity contribution in [2.75, 3.05) is 19.3 Å². The van der Waals surface area contributed by atoms with Crippen LogP contribution in [0.25, 0.3) is 0 Å². The van der Waals surface area contributed by atoms with E-state index in [1.807, 2.05) is 0 Å². The number of piperidine rings is 1. The van der Waals surface area contributed by atoms with Gasteiger partial charge >= 0.3 is 0 Å². The molecule has 2 aromatic carbocycles. The third-order valence-electron chi connectivity index (χ3n) is 5.48. The van der Waals surface area contributed by atoms with Gasteiger partial charge in [-0.25, -0.2) is 16.8 Å². The third kappa shape index (κ3) is 5.40. The Kier molecular flexibility index (Phi) is 6.73. The monoisotopic (exact) mass is 455 g/mol. The summed E-state index contributed by atoms with van der Waals surface area (Å²) in [6.45, 7) is 2.90. The van der Waals surface area contributed by atoms with Crippen molar-refractivity contribution in [1.29, 1.82) is 0 Å². The van der Waals surface area contributed by atoms with Crippen molar-refractivity contribution in [3.63, 3.8) is 0 Å². The molecule has 0 saturated carbocycles. The summed E-state index contributed by atoms with van der Waals surface area (Å²) in [5, 5.41) is 0.0406. The van der Waals surface area contributed by atoms with Gasteiger partial charge in [-0.05, 0) is 62.3 Å². The Hall–Kier alpha value is -1.41. The molecule has 2 aromatic rings. The minimum absolute atomic E-state index is 0.0406. The van der Waals surface area contributed by atoms with Crippen LogP contribution >= 0.6 is 11.6 Å². The van der Waals surface area contributed by atoms with E-state index in [-0.39, 0.29) is 14.8 Å². The minimum atomic E-state index is -3.83. The van der Waals surface area contributed by atoms with Crippen LogP contribution in [0.2, 0.25) is 5.02 Å². The Morgan fingerprint density at radius 2 is 1.62 bits per heavy atom. The lowest BCUT2D eigenvalue weighted by Crippen LogP contribution is -2.38. The second-order valence-corrected chi connectivity index (χ2v) is 12.1. The normalized spacial score (nSPS) is 16.8. The van der Waals surface area contributed by atoms with Crippen LogP contribution in [-0.2, 0) is 26.3 Å². The number of nitrogens with zero attached hydrogens (tertiary/aromatic N) is 1. The largest absolute Gasteiger partial charge is 0.244 e. The predicted molar refractivity (Wildman–Crippen MR) is 116 cm³/mol. The van der Waals surface area contributed by atoms with Gasteiger partial charge in [-0.3, -0.25) is 0 Å². The zero-order chi connectivity index (χ0) is 21.2. The van der Waals surface area contributed by atoms with Crippen LogP contribution in [0.4, 0.5) is 0 Å². The number of aryl methyl sites for hydroxylation is 2. The van der Waals surface area contributed by atoms with Crippen molar-refractivity contribution in [3.8, 4) is 0 Å². The molecule has 0 radical (unpaired) electrons. The Bertz CT molecular complexity index is 1070. The zero-order valence-electron chi connectivity index (χ0n) is 16.6. The molecule has 1 aliphatic heterocycles. The first kappa shape index (κ1) is 22.3. The molecule has 0 atom stereocenters. The lowest BCUT2D eigenvalue weighted by atomic mass is 9.91. The summed E-state index contributed by atoms with van der Waals surface area (Å²) in [6, 6.07) is 12.3. The van der Waals surface area contributed by atoms with E-state index in [1.165, 1.54) is 27.6 Å². The molecule has 3 rings (SSSR count). The van der Waals surface area contributed by atoms with Crippen molar-refractivity contribution >= 4 is 31.5 Å². The van der Waals surface area contributed by atoms with Crippen molar-refractivity contribution in [2.45, 2.75) is 42.4 Å². The number of benzene rings is 2. The van der Waals surface area contributed by atoms with Crippen LogP contribution in [0.3, 0.4) is 0 Å². The molecule has 0 bridgehead atoms. The maximum atomic E-state index is 13.1. The van der Waals surface area contributed by atoms with E-state index in [2.05, 4.69) is 31.2 Å². The number of hydrogen-bond acceptors (Lipinski definition) is 4.